The number of fused-ring (bicyclic) bond motifs is 11. The number of hydrogen-bond donors (Lipinski definition) is 1. The molecule has 0 atom stereocenters. The Morgan fingerprint density at radius 2 is 1.02 bits per heavy atom. The number of benzene rings is 3. The number of imide groups is 1. The normalized spacial score (nSPS) is 15.6. The highest BCUT2D eigenvalue weighted by atomic mass is 35.5. The van der Waals surface area contributed by atoms with Crippen LogP contribution in [0.5, 0.6) is 0 Å². The van der Waals surface area contributed by atoms with Gasteiger partial charge in [0, 0.05) is 10.8 Å². The number of aromatic nitrogens is 2. The molecule has 0 saturated heterocycles. The van der Waals surface area contributed by atoms with Crippen molar-refractivity contribution in [1.82, 2.24) is 14.3 Å². The van der Waals surface area contributed by atoms with Crippen LogP contribution in [0.3, 0.4) is 0 Å². The lowest BCUT2D eigenvalue weighted by atomic mass is 10.0. The van der Waals surface area contributed by atoms with Gasteiger partial charge in [-0.1, -0.05) is 0 Å². The maximum Gasteiger partial charge on any atom is 0.499 e. The number of carbonyl (C=O) groups is 2. The van der Waals surface area contributed by atoms with Crippen LogP contribution in [0, 0.1) is 46.5 Å². The van der Waals surface area contributed by atoms with E-state index in [1.54, 1.807) is 0 Å². The zero-order chi connectivity index (χ0) is 31.5. The van der Waals surface area contributed by atoms with E-state index in [1.165, 1.54) is 12.1 Å². The molecule has 0 saturated carbocycles. The first kappa shape index (κ1) is 26.1. The lowest BCUT2D eigenvalue weighted by Crippen LogP contribution is -2.45. The highest BCUT2D eigenvalue weighted by molar-refractivity contribution is 7.05. The molecule has 4 bridgehead atoms. The van der Waals surface area contributed by atoms with Crippen molar-refractivity contribution in [3.63, 3.8) is 0 Å². The van der Waals surface area contributed by atoms with E-state index in [0.717, 1.165) is 8.96 Å². The fourth-order valence-electron chi connectivity index (χ4n) is 6.03. The average Bonchev–Trinajstić information content (AvgIpc) is 3.71. The second-order valence-corrected chi connectivity index (χ2v) is 10.6. The monoisotopic (exact) mass is 643 g/mol. The van der Waals surface area contributed by atoms with Gasteiger partial charge in [0.25, 0.3) is 11.8 Å². The van der Waals surface area contributed by atoms with Crippen molar-refractivity contribution in [1.29, 1.82) is 0 Å². The van der Waals surface area contributed by atoms with Crippen molar-refractivity contribution >= 4 is 74.5 Å². The van der Waals surface area contributed by atoms with E-state index < -0.39 is 110 Å². The minimum Gasteiger partial charge on any atom is -0.319 e. The van der Waals surface area contributed by atoms with Gasteiger partial charge < -0.3 is 8.96 Å². The van der Waals surface area contributed by atoms with E-state index in [9.17, 15) is 27.2 Å². The fraction of sp³-hybridized carbons (Fsp3) is 0. The summed E-state index contributed by atoms with van der Waals surface area (Å²) in [7, 11) is 0. The number of carbonyl (C=O) groups excluding carboxylic acids is 2. The number of hydrogen-bond acceptors (Lipinski definition) is 6. The average molecular weight is 644 g/mol. The van der Waals surface area contributed by atoms with E-state index in [2.05, 4.69) is 25.3 Å². The maximum atomic E-state index is 15.4. The van der Waals surface area contributed by atoms with Crippen LogP contribution in [0.1, 0.15) is 31.8 Å². The Hall–Kier alpha value is -5.39. The number of nitrogens with one attached hydrogen (secondary N) is 1. The summed E-state index contributed by atoms with van der Waals surface area (Å²) in [5, 5.41) is 0.0670. The summed E-state index contributed by atoms with van der Waals surface area (Å²) in [6.07, 6.45) is -1.70. The van der Waals surface area contributed by atoms with Crippen molar-refractivity contribution in [3.8, 4) is 0 Å². The van der Waals surface area contributed by atoms with Crippen LogP contribution in [0.15, 0.2) is 32.1 Å². The predicted molar refractivity (Wildman–Crippen MR) is 139 cm³/mol. The van der Waals surface area contributed by atoms with Crippen molar-refractivity contribution in [2.24, 2.45) is 20.0 Å². The van der Waals surface area contributed by atoms with Gasteiger partial charge in [0.2, 0.25) is 0 Å². The molecule has 45 heavy (non-hydrogen) atoms. The van der Waals surface area contributed by atoms with E-state index >= 15 is 17.6 Å². The van der Waals surface area contributed by atoms with Crippen molar-refractivity contribution in [2.45, 2.75) is 0 Å². The SMILES string of the molecule is O=C1NC(=O)c2cc3c4n5c(c3cc21)=NC1=NC(=Nc2c3c(F)c(F)c(F)c(F)c3c(n2B5Cl)N=4)c2c(F)c(F)c(F)c(F)c21. The molecule has 2 aromatic heterocycles. The second-order valence-electron chi connectivity index (χ2n) is 10.2. The fourth-order valence-corrected chi connectivity index (χ4v) is 6.40. The Labute approximate surface area is 245 Å². The Morgan fingerprint density at radius 3 is 1.56 bits per heavy atom. The predicted octanol–water partition coefficient (Wildman–Crippen LogP) is 3.95. The summed E-state index contributed by atoms with van der Waals surface area (Å²) < 4.78 is 121. The Bertz CT molecular complexity index is 2630. The first-order valence-electron chi connectivity index (χ1n) is 12.5. The molecule has 19 heteroatoms. The van der Waals surface area contributed by atoms with Crippen molar-refractivity contribution in [2.75, 3.05) is 0 Å². The molecule has 3 aromatic carbocycles. The molecule has 5 aromatic rings. The molecule has 0 radical (unpaired) electrons. The van der Waals surface area contributed by atoms with Gasteiger partial charge >= 0.3 is 6.40 Å². The van der Waals surface area contributed by atoms with Gasteiger partial charge in [0.1, 0.15) is 22.6 Å². The lowest BCUT2D eigenvalue weighted by molar-refractivity contribution is 0.0879. The molecule has 0 fully saturated rings. The molecule has 9 nitrogen and oxygen atoms in total. The number of amidine groups is 2. The molecule has 220 valence electrons. The quantitative estimate of drug-likeness (QED) is 0.0908. The first-order chi connectivity index (χ1) is 21.4. The third-order valence-electron chi connectivity index (χ3n) is 7.97. The summed E-state index contributed by atoms with van der Waals surface area (Å²) in [6.45, 7) is 0. The minimum absolute atomic E-state index is 0.00441. The summed E-state index contributed by atoms with van der Waals surface area (Å²) in [6, 6.07) is 2.39. The number of halogens is 9. The van der Waals surface area contributed by atoms with Crippen LogP contribution in [0.2, 0.25) is 0 Å². The van der Waals surface area contributed by atoms with Gasteiger partial charge in [-0.25, -0.2) is 55.1 Å². The lowest BCUT2D eigenvalue weighted by Gasteiger charge is -2.18. The van der Waals surface area contributed by atoms with Gasteiger partial charge in [-0.3, -0.25) is 14.9 Å². The van der Waals surface area contributed by atoms with E-state index in [4.69, 9.17) is 11.5 Å². The van der Waals surface area contributed by atoms with E-state index in [0.29, 0.717) is 0 Å². The molecule has 2 amide bonds. The molecule has 1 N–H and O–H groups in total. The summed E-state index contributed by atoms with van der Waals surface area (Å²) >= 11 is 6.83. The number of rotatable bonds is 0. The van der Waals surface area contributed by atoms with Crippen LogP contribution in [-0.2, 0) is 0 Å². The van der Waals surface area contributed by atoms with E-state index in [1.807, 2.05) is 0 Å². The largest absolute Gasteiger partial charge is 0.499 e. The number of nitrogens with zero attached hydrogens (tertiary/aromatic N) is 6. The maximum absolute atomic E-state index is 15.4. The van der Waals surface area contributed by atoms with Crippen LogP contribution >= 0.6 is 11.5 Å². The minimum atomic E-state index is -2.26. The van der Waals surface area contributed by atoms with Gasteiger partial charge in [-0.2, -0.15) is 0 Å². The van der Waals surface area contributed by atoms with Crippen LogP contribution in [0.25, 0.3) is 21.5 Å². The topological polar surface area (TPSA) is 105 Å². The summed E-state index contributed by atoms with van der Waals surface area (Å²) in [4.78, 5) is 41.4. The third kappa shape index (κ3) is 2.86. The van der Waals surface area contributed by atoms with E-state index in [-0.39, 0.29) is 32.9 Å². The van der Waals surface area contributed by atoms with Gasteiger partial charge in [-0.15, -0.1) is 11.5 Å². The van der Waals surface area contributed by atoms with Crippen molar-refractivity contribution in [3.05, 3.63) is 91.9 Å². The number of amides is 2. The highest BCUT2D eigenvalue weighted by Gasteiger charge is 2.42. The highest BCUT2D eigenvalue weighted by Crippen LogP contribution is 2.45. The number of aliphatic imine (C=N–C) groups is 2. The standard InChI is InChI=1S/C26H3BClF8N7O2/c28-27-42-21-3-1-5-6(26(45)41-25(5)44)2-4(3)22(42)40-24-10-9(13(31)17(35)18(36)14(10)32)23(43(24)27)39-20-8-7(19(37-20)38-21)11(29)15(33)16(34)12(8)30/h1-2H,(H,41,44,45). The summed E-state index contributed by atoms with van der Waals surface area (Å²) in [5.41, 5.74) is -2.91. The molecule has 6 heterocycles. The van der Waals surface area contributed by atoms with Gasteiger partial charge in [-0.05, 0) is 12.1 Å². The zero-order valence-corrected chi connectivity index (χ0v) is 21.9. The van der Waals surface area contributed by atoms with Crippen LogP contribution < -0.4 is 16.3 Å². The molecule has 0 unspecified atom stereocenters. The molecule has 0 aliphatic carbocycles. The Balaban J connectivity index is 1.59. The third-order valence-corrected chi connectivity index (χ3v) is 8.36. The van der Waals surface area contributed by atoms with Gasteiger partial charge in [0.05, 0.1) is 33.0 Å². The second kappa shape index (κ2) is 8.00. The summed E-state index contributed by atoms with van der Waals surface area (Å²) in [5.74, 6) is -21.5. The first-order valence-corrected chi connectivity index (χ1v) is 12.9. The smallest absolute Gasteiger partial charge is 0.319 e. The molecule has 9 rings (SSSR count). The Morgan fingerprint density at radius 1 is 0.578 bits per heavy atom. The van der Waals surface area contributed by atoms with Crippen LogP contribution in [0.4, 0.5) is 46.8 Å². The molecule has 4 aliphatic rings. The van der Waals surface area contributed by atoms with Gasteiger partial charge in [0.15, 0.2) is 58.2 Å². The Kier molecular flexibility index (Phi) is 4.63. The molecule has 0 spiro atoms. The van der Waals surface area contributed by atoms with Crippen LogP contribution in [-0.4, -0.2) is 38.8 Å². The molecular weight excluding hydrogens is 641 g/mol. The molecular formula is C26H3BClF8N7O2. The molecule has 4 aliphatic heterocycles. The zero-order valence-electron chi connectivity index (χ0n) is 21.1. The van der Waals surface area contributed by atoms with Crippen molar-refractivity contribution < 1.29 is 44.7 Å².